The highest BCUT2D eigenvalue weighted by Crippen LogP contribution is 2.41. The van der Waals surface area contributed by atoms with Gasteiger partial charge in [-0.1, -0.05) is 12.1 Å². The zero-order valence-electron chi connectivity index (χ0n) is 15.5. The van der Waals surface area contributed by atoms with Crippen LogP contribution in [0.15, 0.2) is 28.7 Å². The lowest BCUT2D eigenvalue weighted by atomic mass is 9.76. The molecule has 5 rings (SSSR count). The number of benzene rings is 1. The van der Waals surface area contributed by atoms with Gasteiger partial charge in [-0.3, -0.25) is 9.69 Å². The summed E-state index contributed by atoms with van der Waals surface area (Å²) in [6, 6.07) is 8.58. The second-order valence-corrected chi connectivity index (χ2v) is 8.01. The molecule has 7 heteroatoms. The number of fused-ring (bicyclic) bond motifs is 1. The van der Waals surface area contributed by atoms with Crippen LogP contribution in [0.4, 0.5) is 6.01 Å². The summed E-state index contributed by atoms with van der Waals surface area (Å²) < 4.78 is 11.6. The number of hydrogen-bond acceptors (Lipinski definition) is 7. The summed E-state index contributed by atoms with van der Waals surface area (Å²) in [5.41, 5.74) is 1.51. The minimum absolute atomic E-state index is 0.0270. The normalized spacial score (nSPS) is 26.0. The van der Waals surface area contributed by atoms with Gasteiger partial charge in [-0.2, -0.15) is 4.98 Å². The number of carbonyl (C=O) groups excluding carboxylic acids is 1. The van der Waals surface area contributed by atoms with Gasteiger partial charge in [0.15, 0.2) is 5.58 Å². The molecule has 1 atom stereocenters. The Bertz CT molecular complexity index is 788. The Morgan fingerprint density at radius 1 is 1.15 bits per heavy atom. The van der Waals surface area contributed by atoms with Crippen LogP contribution < -0.4 is 10.2 Å². The fourth-order valence-corrected chi connectivity index (χ4v) is 4.66. The van der Waals surface area contributed by atoms with Crippen molar-refractivity contribution >= 4 is 23.1 Å². The van der Waals surface area contributed by atoms with Gasteiger partial charge in [0, 0.05) is 39.1 Å². The Balaban J connectivity index is 1.17. The van der Waals surface area contributed by atoms with E-state index in [0.717, 1.165) is 76.2 Å². The number of esters is 1. The first-order chi connectivity index (χ1) is 13.2. The van der Waals surface area contributed by atoms with E-state index in [2.05, 4.69) is 20.1 Å². The molecular formula is C20H26N4O3. The minimum Gasteiger partial charge on any atom is -0.461 e. The van der Waals surface area contributed by atoms with Crippen molar-refractivity contribution in [2.24, 2.45) is 5.41 Å². The highest BCUT2D eigenvalue weighted by molar-refractivity contribution is 5.79. The molecule has 0 saturated carbocycles. The summed E-state index contributed by atoms with van der Waals surface area (Å²) in [7, 11) is 0. The number of cyclic esters (lactones) is 1. The van der Waals surface area contributed by atoms with Gasteiger partial charge in [-0.15, -0.1) is 0 Å². The first-order valence-electron chi connectivity index (χ1n) is 9.97. The van der Waals surface area contributed by atoms with Crippen LogP contribution in [0.25, 0.3) is 11.1 Å². The SMILES string of the molecule is O=C1OC(CN2CCN(c3nc4ccccc4o3)CC2)CC12CCNCC2. The molecule has 1 unspecified atom stereocenters. The van der Waals surface area contributed by atoms with Gasteiger partial charge in [0.25, 0.3) is 6.01 Å². The fourth-order valence-electron chi connectivity index (χ4n) is 4.66. The summed E-state index contributed by atoms with van der Waals surface area (Å²) in [6.07, 6.45) is 2.73. The smallest absolute Gasteiger partial charge is 0.312 e. The van der Waals surface area contributed by atoms with Crippen LogP contribution in [0.5, 0.6) is 0 Å². The van der Waals surface area contributed by atoms with Crippen molar-refractivity contribution < 1.29 is 13.9 Å². The summed E-state index contributed by atoms with van der Waals surface area (Å²) in [5.74, 6) is 0.0270. The molecule has 0 radical (unpaired) electrons. The molecule has 144 valence electrons. The van der Waals surface area contributed by atoms with Crippen LogP contribution >= 0.6 is 0 Å². The van der Waals surface area contributed by atoms with E-state index in [1.807, 2.05) is 24.3 Å². The van der Waals surface area contributed by atoms with Gasteiger partial charge in [0.05, 0.1) is 5.41 Å². The van der Waals surface area contributed by atoms with E-state index in [-0.39, 0.29) is 17.5 Å². The Kier molecular flexibility index (Phi) is 4.28. The Labute approximate surface area is 158 Å². The third-order valence-electron chi connectivity index (χ3n) is 6.27. The predicted octanol–water partition coefficient (Wildman–Crippen LogP) is 1.64. The van der Waals surface area contributed by atoms with Gasteiger partial charge in [0.1, 0.15) is 11.6 Å². The van der Waals surface area contributed by atoms with E-state index >= 15 is 0 Å². The standard InChI is InChI=1S/C20H26N4O3/c25-18-20(5-7-21-8-6-20)13-15(26-18)14-23-9-11-24(12-10-23)19-22-16-3-1-2-4-17(16)27-19/h1-4,15,21H,5-14H2. The summed E-state index contributed by atoms with van der Waals surface area (Å²) >= 11 is 0. The predicted molar refractivity (Wildman–Crippen MR) is 102 cm³/mol. The number of rotatable bonds is 3. The molecule has 0 aliphatic carbocycles. The maximum absolute atomic E-state index is 12.4. The zero-order valence-corrected chi connectivity index (χ0v) is 15.5. The maximum atomic E-state index is 12.4. The number of nitrogens with zero attached hydrogens (tertiary/aromatic N) is 3. The molecule has 1 aromatic heterocycles. The number of ether oxygens (including phenoxy) is 1. The van der Waals surface area contributed by atoms with Crippen LogP contribution in [0.1, 0.15) is 19.3 Å². The van der Waals surface area contributed by atoms with E-state index in [1.165, 1.54) is 0 Å². The van der Waals surface area contributed by atoms with Crippen molar-refractivity contribution in [3.05, 3.63) is 24.3 Å². The van der Waals surface area contributed by atoms with E-state index in [0.29, 0.717) is 6.01 Å². The molecule has 3 saturated heterocycles. The van der Waals surface area contributed by atoms with Gasteiger partial charge >= 0.3 is 5.97 Å². The van der Waals surface area contributed by atoms with Crippen molar-refractivity contribution in [3.8, 4) is 0 Å². The molecule has 0 amide bonds. The molecule has 1 N–H and O–H groups in total. The number of para-hydroxylation sites is 2. The first kappa shape index (κ1) is 17.0. The van der Waals surface area contributed by atoms with Gasteiger partial charge in [0.2, 0.25) is 0 Å². The van der Waals surface area contributed by atoms with Crippen molar-refractivity contribution in [2.75, 3.05) is 50.7 Å². The fraction of sp³-hybridized carbons (Fsp3) is 0.600. The molecule has 1 spiro atoms. The van der Waals surface area contributed by atoms with Gasteiger partial charge in [-0.25, -0.2) is 0 Å². The number of piperidine rings is 1. The summed E-state index contributed by atoms with van der Waals surface area (Å²) in [6.45, 7) is 6.30. The first-order valence-corrected chi connectivity index (χ1v) is 9.97. The Hall–Kier alpha value is -2.12. The zero-order chi connectivity index (χ0) is 18.3. The second kappa shape index (κ2) is 6.80. The molecule has 0 bridgehead atoms. The van der Waals surface area contributed by atoms with Crippen molar-refractivity contribution in [3.63, 3.8) is 0 Å². The Morgan fingerprint density at radius 2 is 1.93 bits per heavy atom. The van der Waals surface area contributed by atoms with Crippen molar-refractivity contribution in [1.29, 1.82) is 0 Å². The molecule has 4 heterocycles. The second-order valence-electron chi connectivity index (χ2n) is 8.01. The molecule has 3 fully saturated rings. The van der Waals surface area contributed by atoms with Gasteiger partial charge in [-0.05, 0) is 38.1 Å². The lowest BCUT2D eigenvalue weighted by molar-refractivity contribution is -0.150. The third-order valence-corrected chi connectivity index (χ3v) is 6.27. The summed E-state index contributed by atoms with van der Waals surface area (Å²) in [5, 5.41) is 3.34. The van der Waals surface area contributed by atoms with Crippen molar-refractivity contribution in [1.82, 2.24) is 15.2 Å². The monoisotopic (exact) mass is 370 g/mol. The molecule has 27 heavy (non-hydrogen) atoms. The van der Waals surface area contributed by atoms with Crippen LogP contribution in [-0.4, -0.2) is 67.8 Å². The molecule has 2 aromatic rings. The quantitative estimate of drug-likeness (QED) is 0.824. The lowest BCUT2D eigenvalue weighted by Crippen LogP contribution is -2.48. The van der Waals surface area contributed by atoms with E-state index in [4.69, 9.17) is 9.15 Å². The molecule has 3 aliphatic rings. The minimum atomic E-state index is -0.226. The number of hydrogen-bond donors (Lipinski definition) is 1. The molecule has 7 nitrogen and oxygen atoms in total. The number of aromatic nitrogens is 1. The average molecular weight is 370 g/mol. The van der Waals surface area contributed by atoms with E-state index in [9.17, 15) is 4.79 Å². The lowest BCUT2D eigenvalue weighted by Gasteiger charge is -2.35. The van der Waals surface area contributed by atoms with Gasteiger partial charge < -0.3 is 19.4 Å². The number of nitrogens with one attached hydrogen (secondary N) is 1. The number of carbonyl (C=O) groups is 1. The molecular weight excluding hydrogens is 344 g/mol. The van der Waals surface area contributed by atoms with Crippen LogP contribution in [0.3, 0.4) is 0 Å². The summed E-state index contributed by atoms with van der Waals surface area (Å²) in [4.78, 5) is 21.6. The van der Waals surface area contributed by atoms with Crippen LogP contribution in [0.2, 0.25) is 0 Å². The number of anilines is 1. The number of piperazine rings is 1. The molecule has 3 aliphatic heterocycles. The molecule has 1 aromatic carbocycles. The Morgan fingerprint density at radius 3 is 2.70 bits per heavy atom. The largest absolute Gasteiger partial charge is 0.461 e. The van der Waals surface area contributed by atoms with Crippen LogP contribution in [0, 0.1) is 5.41 Å². The highest BCUT2D eigenvalue weighted by Gasteiger charge is 2.49. The maximum Gasteiger partial charge on any atom is 0.312 e. The highest BCUT2D eigenvalue weighted by atomic mass is 16.6. The topological polar surface area (TPSA) is 70.8 Å². The average Bonchev–Trinajstić information content (AvgIpc) is 3.25. The van der Waals surface area contributed by atoms with E-state index < -0.39 is 0 Å². The van der Waals surface area contributed by atoms with Crippen molar-refractivity contribution in [2.45, 2.75) is 25.4 Å². The number of oxazole rings is 1. The van der Waals surface area contributed by atoms with E-state index in [1.54, 1.807) is 0 Å². The van der Waals surface area contributed by atoms with Crippen LogP contribution in [-0.2, 0) is 9.53 Å². The third kappa shape index (κ3) is 3.19.